The summed E-state index contributed by atoms with van der Waals surface area (Å²) in [6, 6.07) is 2.31. The fourth-order valence-electron chi connectivity index (χ4n) is 2.37. The molecule has 1 unspecified atom stereocenters. The fourth-order valence-corrected chi connectivity index (χ4v) is 2.37. The highest BCUT2D eigenvalue weighted by atomic mass is 16.5. The number of ether oxygens (including phenoxy) is 1. The van der Waals surface area contributed by atoms with Crippen LogP contribution in [0.15, 0.2) is 12.3 Å². The summed E-state index contributed by atoms with van der Waals surface area (Å²) < 4.78 is 5.65. The Bertz CT molecular complexity index is 391. The molecule has 0 aromatic carbocycles. The van der Waals surface area contributed by atoms with Gasteiger partial charge in [-0.25, -0.2) is 4.98 Å². The van der Waals surface area contributed by atoms with Crippen molar-refractivity contribution >= 4 is 5.95 Å². The zero-order valence-corrected chi connectivity index (χ0v) is 12.1. The maximum Gasteiger partial charge on any atom is 0.228 e. The van der Waals surface area contributed by atoms with Gasteiger partial charge < -0.3 is 15.0 Å². The molecule has 1 atom stereocenters. The molecule has 1 saturated heterocycles. The van der Waals surface area contributed by atoms with Crippen molar-refractivity contribution < 1.29 is 4.74 Å². The second kappa shape index (κ2) is 6.70. The van der Waals surface area contributed by atoms with Gasteiger partial charge in [-0.05, 0) is 33.2 Å². The summed E-state index contributed by atoms with van der Waals surface area (Å²) in [4.78, 5) is 11.3. The standard InChI is InChI=1S/C14H24N4O/c1-4-9-18(12-5-7-15-10-12)14-16-8-6-13(17-14)19-11(2)3/h6,8,11-12,15H,4-5,7,9-10H2,1-3H3. The predicted octanol–water partition coefficient (Wildman–Crippen LogP) is 1.84. The van der Waals surface area contributed by atoms with Gasteiger partial charge in [0.15, 0.2) is 0 Å². The van der Waals surface area contributed by atoms with E-state index in [1.165, 1.54) is 0 Å². The van der Waals surface area contributed by atoms with Gasteiger partial charge in [-0.15, -0.1) is 0 Å². The Morgan fingerprint density at radius 3 is 3.00 bits per heavy atom. The maximum absolute atomic E-state index is 5.65. The molecule has 0 spiro atoms. The summed E-state index contributed by atoms with van der Waals surface area (Å²) in [6.45, 7) is 9.27. The van der Waals surface area contributed by atoms with Crippen molar-refractivity contribution in [2.24, 2.45) is 0 Å². The average molecular weight is 264 g/mol. The molecule has 2 heterocycles. The minimum absolute atomic E-state index is 0.135. The van der Waals surface area contributed by atoms with Gasteiger partial charge in [0.1, 0.15) is 0 Å². The van der Waals surface area contributed by atoms with E-state index >= 15 is 0 Å². The SMILES string of the molecule is CCCN(c1nccc(OC(C)C)n1)C1CCNC1. The number of aromatic nitrogens is 2. The van der Waals surface area contributed by atoms with Crippen LogP contribution in [0, 0.1) is 0 Å². The molecular formula is C14H24N4O. The molecule has 1 aliphatic rings. The molecule has 19 heavy (non-hydrogen) atoms. The highest BCUT2D eigenvalue weighted by molar-refractivity contribution is 5.34. The van der Waals surface area contributed by atoms with Gasteiger partial charge in [0.2, 0.25) is 11.8 Å². The van der Waals surface area contributed by atoms with Crippen LogP contribution in [-0.2, 0) is 0 Å². The molecule has 2 rings (SSSR count). The normalized spacial score (nSPS) is 18.8. The Morgan fingerprint density at radius 2 is 2.37 bits per heavy atom. The van der Waals surface area contributed by atoms with Crippen molar-refractivity contribution in [3.63, 3.8) is 0 Å². The van der Waals surface area contributed by atoms with Crippen molar-refractivity contribution in [2.45, 2.75) is 45.8 Å². The monoisotopic (exact) mass is 264 g/mol. The predicted molar refractivity (Wildman–Crippen MR) is 76.7 cm³/mol. The lowest BCUT2D eigenvalue weighted by molar-refractivity contribution is 0.232. The van der Waals surface area contributed by atoms with Crippen LogP contribution in [0.5, 0.6) is 5.88 Å². The van der Waals surface area contributed by atoms with E-state index in [1.54, 1.807) is 6.20 Å². The van der Waals surface area contributed by atoms with Crippen molar-refractivity contribution in [2.75, 3.05) is 24.5 Å². The van der Waals surface area contributed by atoms with E-state index in [0.717, 1.165) is 38.4 Å². The van der Waals surface area contributed by atoms with Gasteiger partial charge >= 0.3 is 0 Å². The molecule has 5 heteroatoms. The zero-order valence-electron chi connectivity index (χ0n) is 12.1. The minimum atomic E-state index is 0.135. The molecule has 0 radical (unpaired) electrons. The smallest absolute Gasteiger partial charge is 0.228 e. The lowest BCUT2D eigenvalue weighted by atomic mass is 10.2. The second-order valence-corrected chi connectivity index (χ2v) is 5.20. The molecule has 1 N–H and O–H groups in total. The summed E-state index contributed by atoms with van der Waals surface area (Å²) in [5.74, 6) is 1.45. The van der Waals surface area contributed by atoms with Gasteiger partial charge in [0.25, 0.3) is 0 Å². The Morgan fingerprint density at radius 1 is 1.53 bits per heavy atom. The molecule has 5 nitrogen and oxygen atoms in total. The van der Waals surface area contributed by atoms with Crippen molar-refractivity contribution in [1.82, 2.24) is 15.3 Å². The van der Waals surface area contributed by atoms with Crippen LogP contribution in [0.1, 0.15) is 33.6 Å². The van der Waals surface area contributed by atoms with Crippen LogP contribution in [0.4, 0.5) is 5.95 Å². The first kappa shape index (κ1) is 14.1. The first-order valence-corrected chi connectivity index (χ1v) is 7.17. The molecule has 0 bridgehead atoms. The van der Waals surface area contributed by atoms with Crippen molar-refractivity contribution in [3.8, 4) is 5.88 Å². The van der Waals surface area contributed by atoms with E-state index < -0.39 is 0 Å². The van der Waals surface area contributed by atoms with Crippen LogP contribution >= 0.6 is 0 Å². The molecule has 1 aromatic rings. The second-order valence-electron chi connectivity index (χ2n) is 5.20. The number of hydrogen-bond donors (Lipinski definition) is 1. The Kier molecular flexibility index (Phi) is 4.96. The Labute approximate surface area is 115 Å². The topological polar surface area (TPSA) is 50.3 Å². The van der Waals surface area contributed by atoms with Crippen LogP contribution < -0.4 is 15.0 Å². The number of rotatable bonds is 6. The summed E-state index contributed by atoms with van der Waals surface area (Å²) in [5, 5.41) is 3.40. The summed E-state index contributed by atoms with van der Waals surface area (Å²) in [5.41, 5.74) is 0. The molecule has 1 fully saturated rings. The third-order valence-electron chi connectivity index (χ3n) is 3.17. The van der Waals surface area contributed by atoms with E-state index in [4.69, 9.17) is 4.74 Å². The third kappa shape index (κ3) is 3.80. The summed E-state index contributed by atoms with van der Waals surface area (Å²) >= 11 is 0. The van der Waals surface area contributed by atoms with E-state index in [0.29, 0.717) is 11.9 Å². The Hall–Kier alpha value is -1.36. The average Bonchev–Trinajstić information content (AvgIpc) is 2.89. The van der Waals surface area contributed by atoms with E-state index in [2.05, 4.69) is 27.1 Å². The molecule has 0 amide bonds. The zero-order chi connectivity index (χ0) is 13.7. The van der Waals surface area contributed by atoms with Crippen LogP contribution in [-0.4, -0.2) is 41.7 Å². The van der Waals surface area contributed by atoms with Gasteiger partial charge in [-0.3, -0.25) is 0 Å². The van der Waals surface area contributed by atoms with Gasteiger partial charge in [0, 0.05) is 31.4 Å². The van der Waals surface area contributed by atoms with Crippen molar-refractivity contribution in [1.29, 1.82) is 0 Å². The lowest BCUT2D eigenvalue weighted by Crippen LogP contribution is -2.38. The van der Waals surface area contributed by atoms with Crippen LogP contribution in [0.3, 0.4) is 0 Å². The number of nitrogens with zero attached hydrogens (tertiary/aromatic N) is 3. The molecule has 1 aromatic heterocycles. The molecular weight excluding hydrogens is 240 g/mol. The highest BCUT2D eigenvalue weighted by Gasteiger charge is 2.24. The first-order valence-electron chi connectivity index (χ1n) is 7.17. The van der Waals surface area contributed by atoms with E-state index in [1.807, 2.05) is 19.9 Å². The van der Waals surface area contributed by atoms with Gasteiger partial charge in [-0.2, -0.15) is 4.98 Å². The largest absolute Gasteiger partial charge is 0.475 e. The highest BCUT2D eigenvalue weighted by Crippen LogP contribution is 2.19. The first-order chi connectivity index (χ1) is 9.20. The lowest BCUT2D eigenvalue weighted by Gasteiger charge is -2.28. The van der Waals surface area contributed by atoms with Crippen LogP contribution in [0.2, 0.25) is 0 Å². The van der Waals surface area contributed by atoms with Gasteiger partial charge in [-0.1, -0.05) is 6.92 Å². The number of anilines is 1. The Balaban J connectivity index is 2.15. The molecule has 0 aliphatic carbocycles. The van der Waals surface area contributed by atoms with Gasteiger partial charge in [0.05, 0.1) is 6.10 Å². The number of hydrogen-bond acceptors (Lipinski definition) is 5. The number of nitrogens with one attached hydrogen (secondary N) is 1. The molecule has 106 valence electrons. The minimum Gasteiger partial charge on any atom is -0.475 e. The maximum atomic E-state index is 5.65. The quantitative estimate of drug-likeness (QED) is 0.849. The van der Waals surface area contributed by atoms with E-state index in [9.17, 15) is 0 Å². The molecule has 1 aliphatic heterocycles. The third-order valence-corrected chi connectivity index (χ3v) is 3.17. The molecule has 0 saturated carbocycles. The fraction of sp³-hybridized carbons (Fsp3) is 0.714. The van der Waals surface area contributed by atoms with E-state index in [-0.39, 0.29) is 6.10 Å². The summed E-state index contributed by atoms with van der Waals surface area (Å²) in [7, 11) is 0. The van der Waals surface area contributed by atoms with Crippen LogP contribution in [0.25, 0.3) is 0 Å². The summed E-state index contributed by atoms with van der Waals surface area (Å²) in [6.07, 6.45) is 4.16. The van der Waals surface area contributed by atoms with Crippen molar-refractivity contribution in [3.05, 3.63) is 12.3 Å².